The van der Waals surface area contributed by atoms with Crippen molar-refractivity contribution in [2.45, 2.75) is 0 Å². The second-order valence-corrected chi connectivity index (χ2v) is 4.76. The maximum atomic E-state index is 12.4. The first-order valence-corrected chi connectivity index (χ1v) is 6.31. The number of carbonyl (C=O) groups excluding carboxylic acids is 2. The summed E-state index contributed by atoms with van der Waals surface area (Å²) in [6, 6.07) is 10.3. The topological polar surface area (TPSA) is 80.5 Å². The van der Waals surface area contributed by atoms with E-state index in [4.69, 9.17) is 11.6 Å². The lowest BCUT2D eigenvalue weighted by Gasteiger charge is -2.14. The van der Waals surface area contributed by atoms with Crippen molar-refractivity contribution in [3.63, 3.8) is 0 Å². The molecule has 1 aliphatic heterocycles. The van der Waals surface area contributed by atoms with Crippen LogP contribution in [0.3, 0.4) is 0 Å². The Labute approximate surface area is 123 Å². The van der Waals surface area contributed by atoms with Gasteiger partial charge in [0.2, 0.25) is 0 Å². The number of amides is 2. The normalized spacial score (nSPS) is 13.5. The molecular weight excluding hydrogens is 296 g/mol. The lowest BCUT2D eigenvalue weighted by molar-refractivity contribution is -0.385. The number of benzene rings is 2. The number of halogens is 1. The Morgan fingerprint density at radius 2 is 1.71 bits per heavy atom. The minimum absolute atomic E-state index is 0.00844. The summed E-state index contributed by atoms with van der Waals surface area (Å²) in [5.74, 6) is -1.36. The fraction of sp³-hybridized carbons (Fsp3) is 0. The van der Waals surface area contributed by atoms with Crippen LogP contribution in [0.5, 0.6) is 0 Å². The summed E-state index contributed by atoms with van der Waals surface area (Å²) in [7, 11) is 0. The summed E-state index contributed by atoms with van der Waals surface area (Å²) in [4.78, 5) is 36.0. The van der Waals surface area contributed by atoms with Crippen LogP contribution >= 0.6 is 11.6 Å². The van der Waals surface area contributed by atoms with E-state index in [0.29, 0.717) is 0 Å². The predicted octanol–water partition coefficient (Wildman–Crippen LogP) is 3.05. The standard InChI is InChI=1S/C14H7ClN2O4/c15-9-5-1-2-6-10(9)16-13(18)8-4-3-7-11(17(20)21)12(8)14(16)19/h1-7H. The summed E-state index contributed by atoms with van der Waals surface area (Å²) in [5, 5.41) is 11.2. The number of hydrogen-bond acceptors (Lipinski definition) is 4. The third-order valence-electron chi connectivity index (χ3n) is 3.18. The van der Waals surface area contributed by atoms with Crippen molar-refractivity contribution in [1.29, 1.82) is 0 Å². The van der Waals surface area contributed by atoms with Crippen LogP contribution < -0.4 is 4.90 Å². The van der Waals surface area contributed by atoms with Gasteiger partial charge >= 0.3 is 0 Å². The maximum Gasteiger partial charge on any atom is 0.283 e. The van der Waals surface area contributed by atoms with Crippen LogP contribution in [0.2, 0.25) is 5.02 Å². The van der Waals surface area contributed by atoms with Gasteiger partial charge in [-0.15, -0.1) is 0 Å². The number of nitrogens with zero attached hydrogens (tertiary/aromatic N) is 2. The molecule has 0 atom stereocenters. The average molecular weight is 303 g/mol. The number of rotatable bonds is 2. The largest absolute Gasteiger partial charge is 0.283 e. The Bertz CT molecular complexity index is 803. The van der Waals surface area contributed by atoms with Crippen LogP contribution in [0, 0.1) is 10.1 Å². The van der Waals surface area contributed by atoms with E-state index in [1.807, 2.05) is 0 Å². The number of carbonyl (C=O) groups is 2. The first kappa shape index (κ1) is 13.3. The maximum absolute atomic E-state index is 12.4. The van der Waals surface area contributed by atoms with Crippen molar-refractivity contribution in [1.82, 2.24) is 0 Å². The molecule has 0 unspecified atom stereocenters. The Hall–Kier alpha value is -2.73. The highest BCUT2D eigenvalue weighted by atomic mass is 35.5. The van der Waals surface area contributed by atoms with Crippen LogP contribution in [0.4, 0.5) is 11.4 Å². The number of fused-ring (bicyclic) bond motifs is 1. The highest BCUT2D eigenvalue weighted by Crippen LogP contribution is 2.36. The lowest BCUT2D eigenvalue weighted by atomic mass is 10.1. The first-order valence-electron chi connectivity index (χ1n) is 5.93. The zero-order valence-corrected chi connectivity index (χ0v) is 11.2. The van der Waals surface area contributed by atoms with Gasteiger partial charge in [-0.2, -0.15) is 0 Å². The Balaban J connectivity index is 2.21. The van der Waals surface area contributed by atoms with Gasteiger partial charge in [-0.1, -0.05) is 29.8 Å². The monoisotopic (exact) mass is 302 g/mol. The molecular formula is C14H7ClN2O4. The molecule has 0 aliphatic carbocycles. The van der Waals surface area contributed by atoms with Crippen molar-refractivity contribution in [3.05, 3.63) is 68.7 Å². The summed E-state index contributed by atoms with van der Waals surface area (Å²) < 4.78 is 0. The van der Waals surface area contributed by atoms with E-state index in [-0.39, 0.29) is 27.5 Å². The molecule has 0 saturated carbocycles. The lowest BCUT2D eigenvalue weighted by Crippen LogP contribution is -2.29. The predicted molar refractivity (Wildman–Crippen MR) is 75.7 cm³/mol. The van der Waals surface area contributed by atoms with Gasteiger partial charge in [0, 0.05) is 6.07 Å². The molecule has 1 aliphatic rings. The zero-order chi connectivity index (χ0) is 15.1. The molecule has 2 aromatic carbocycles. The molecule has 0 saturated heterocycles. The minimum atomic E-state index is -0.740. The fourth-order valence-electron chi connectivity index (χ4n) is 2.27. The van der Waals surface area contributed by atoms with Gasteiger partial charge in [0.15, 0.2) is 0 Å². The van der Waals surface area contributed by atoms with Crippen molar-refractivity contribution >= 4 is 34.8 Å². The molecule has 0 aromatic heterocycles. The highest BCUT2D eigenvalue weighted by Gasteiger charge is 2.42. The van der Waals surface area contributed by atoms with Gasteiger partial charge in [-0.25, -0.2) is 4.90 Å². The Kier molecular flexibility index (Phi) is 2.95. The quantitative estimate of drug-likeness (QED) is 0.485. The third-order valence-corrected chi connectivity index (χ3v) is 3.50. The number of para-hydroxylation sites is 1. The van der Waals surface area contributed by atoms with Crippen LogP contribution in [0.15, 0.2) is 42.5 Å². The third kappa shape index (κ3) is 1.88. The molecule has 1 heterocycles. The highest BCUT2D eigenvalue weighted by molar-refractivity contribution is 6.40. The molecule has 21 heavy (non-hydrogen) atoms. The molecule has 2 amide bonds. The van der Waals surface area contributed by atoms with Gasteiger partial charge in [0.25, 0.3) is 17.5 Å². The molecule has 0 radical (unpaired) electrons. The minimum Gasteiger partial charge on any atom is -0.268 e. The second-order valence-electron chi connectivity index (χ2n) is 4.35. The second kappa shape index (κ2) is 4.68. The van der Waals surface area contributed by atoms with E-state index in [1.165, 1.54) is 30.3 Å². The average Bonchev–Trinajstić information content (AvgIpc) is 2.72. The molecule has 0 bridgehead atoms. The first-order chi connectivity index (χ1) is 10.0. The number of nitro benzene ring substituents is 1. The van der Waals surface area contributed by atoms with Crippen LogP contribution in [-0.4, -0.2) is 16.7 Å². The van der Waals surface area contributed by atoms with Crippen molar-refractivity contribution in [3.8, 4) is 0 Å². The van der Waals surface area contributed by atoms with Crippen LogP contribution in [-0.2, 0) is 0 Å². The Morgan fingerprint density at radius 3 is 2.38 bits per heavy atom. The SMILES string of the molecule is O=C1c2cccc([N+](=O)[O-])c2C(=O)N1c1ccccc1Cl. The Morgan fingerprint density at radius 1 is 1.00 bits per heavy atom. The zero-order valence-electron chi connectivity index (χ0n) is 10.4. The van der Waals surface area contributed by atoms with Crippen molar-refractivity contribution in [2.24, 2.45) is 0 Å². The summed E-state index contributed by atoms with van der Waals surface area (Å²) in [6.45, 7) is 0. The molecule has 0 N–H and O–H groups in total. The van der Waals surface area contributed by atoms with Gasteiger partial charge in [0.1, 0.15) is 5.56 Å². The van der Waals surface area contributed by atoms with E-state index in [2.05, 4.69) is 0 Å². The molecule has 7 heteroatoms. The fourth-order valence-corrected chi connectivity index (χ4v) is 2.49. The summed E-state index contributed by atoms with van der Waals surface area (Å²) in [5.41, 5.74) is -0.374. The summed E-state index contributed by atoms with van der Waals surface area (Å²) in [6.07, 6.45) is 0. The van der Waals surface area contributed by atoms with E-state index in [1.54, 1.807) is 12.1 Å². The number of nitro groups is 1. The van der Waals surface area contributed by atoms with E-state index in [9.17, 15) is 19.7 Å². The van der Waals surface area contributed by atoms with E-state index in [0.717, 1.165) is 4.90 Å². The van der Waals surface area contributed by atoms with Gasteiger partial charge in [0.05, 0.1) is 21.2 Å². The van der Waals surface area contributed by atoms with E-state index < -0.39 is 16.7 Å². The molecule has 104 valence electrons. The van der Waals surface area contributed by atoms with Gasteiger partial charge < -0.3 is 0 Å². The van der Waals surface area contributed by atoms with Crippen LogP contribution in [0.1, 0.15) is 20.7 Å². The van der Waals surface area contributed by atoms with Crippen molar-refractivity contribution < 1.29 is 14.5 Å². The smallest absolute Gasteiger partial charge is 0.268 e. The van der Waals surface area contributed by atoms with Crippen LogP contribution in [0.25, 0.3) is 0 Å². The number of imide groups is 1. The van der Waals surface area contributed by atoms with E-state index >= 15 is 0 Å². The van der Waals surface area contributed by atoms with Gasteiger partial charge in [-0.3, -0.25) is 19.7 Å². The molecule has 3 rings (SSSR count). The number of anilines is 1. The molecule has 0 fully saturated rings. The number of hydrogen-bond donors (Lipinski definition) is 0. The van der Waals surface area contributed by atoms with Gasteiger partial charge in [-0.05, 0) is 18.2 Å². The molecule has 2 aromatic rings. The van der Waals surface area contributed by atoms with Crippen molar-refractivity contribution in [2.75, 3.05) is 4.90 Å². The molecule has 0 spiro atoms. The molecule has 6 nitrogen and oxygen atoms in total. The summed E-state index contributed by atoms with van der Waals surface area (Å²) >= 11 is 6.00.